The number of hydrogen-bond acceptors (Lipinski definition) is 8. The number of hydrazone groups is 1. The number of nitrogens with one attached hydrogen (secondary N) is 1. The summed E-state index contributed by atoms with van der Waals surface area (Å²) in [5.41, 5.74) is 4.28. The Hall–Kier alpha value is -5.05. The first-order valence-corrected chi connectivity index (χ1v) is 11.1. The molecular formula is C28H26N2O7. The maximum Gasteiger partial charge on any atom is 0.271 e. The fraction of sp³-hybridized carbons (Fsp3) is 0.107. The van der Waals surface area contributed by atoms with Gasteiger partial charge in [0.25, 0.3) is 5.91 Å². The molecule has 3 rings (SSSR count). The molecule has 0 radical (unpaired) electrons. The third-order valence-corrected chi connectivity index (χ3v) is 5.12. The predicted octanol–water partition coefficient (Wildman–Crippen LogP) is 4.29. The second-order valence-electron chi connectivity index (χ2n) is 7.76. The van der Waals surface area contributed by atoms with Crippen LogP contribution in [0.1, 0.15) is 27.9 Å². The number of phenols is 3. The first-order valence-electron chi connectivity index (χ1n) is 11.1. The second-order valence-corrected chi connectivity index (χ2v) is 7.76. The third-order valence-electron chi connectivity index (χ3n) is 5.12. The molecule has 37 heavy (non-hydrogen) atoms. The summed E-state index contributed by atoms with van der Waals surface area (Å²) in [6.07, 6.45) is 6.03. The van der Waals surface area contributed by atoms with Gasteiger partial charge in [-0.15, -0.1) is 0 Å². The van der Waals surface area contributed by atoms with Crippen LogP contribution < -0.4 is 14.9 Å². The Labute approximate surface area is 213 Å². The average molecular weight is 503 g/mol. The molecule has 190 valence electrons. The van der Waals surface area contributed by atoms with Crippen molar-refractivity contribution in [3.63, 3.8) is 0 Å². The fourth-order valence-electron chi connectivity index (χ4n) is 3.15. The van der Waals surface area contributed by atoms with Gasteiger partial charge >= 0.3 is 0 Å². The van der Waals surface area contributed by atoms with Gasteiger partial charge in [-0.05, 0) is 71.8 Å². The molecule has 0 saturated heterocycles. The number of nitrogens with zero attached hydrogens (tertiary/aromatic N) is 1. The molecule has 9 nitrogen and oxygen atoms in total. The number of methoxy groups -OCH3 is 2. The first kappa shape index (κ1) is 26.6. The van der Waals surface area contributed by atoms with Crippen molar-refractivity contribution in [1.82, 2.24) is 5.43 Å². The zero-order valence-corrected chi connectivity index (χ0v) is 20.2. The van der Waals surface area contributed by atoms with Gasteiger partial charge in [-0.2, -0.15) is 5.10 Å². The lowest BCUT2D eigenvalue weighted by Crippen LogP contribution is -2.20. The van der Waals surface area contributed by atoms with E-state index < -0.39 is 5.91 Å². The average Bonchev–Trinajstić information content (AvgIpc) is 2.90. The van der Waals surface area contributed by atoms with E-state index in [9.17, 15) is 24.9 Å². The molecule has 0 unspecified atom stereocenters. The van der Waals surface area contributed by atoms with Gasteiger partial charge < -0.3 is 24.8 Å². The molecule has 0 saturated carbocycles. The van der Waals surface area contributed by atoms with E-state index in [1.54, 1.807) is 42.5 Å². The Morgan fingerprint density at radius 3 is 1.89 bits per heavy atom. The van der Waals surface area contributed by atoms with Crippen LogP contribution >= 0.6 is 0 Å². The van der Waals surface area contributed by atoms with Gasteiger partial charge in [-0.25, -0.2) is 5.43 Å². The Kier molecular flexibility index (Phi) is 9.04. The van der Waals surface area contributed by atoms with Gasteiger partial charge in [0, 0.05) is 5.56 Å². The number of benzene rings is 3. The molecule has 0 aliphatic carbocycles. The molecule has 0 fully saturated rings. The van der Waals surface area contributed by atoms with Crippen molar-refractivity contribution in [3.8, 4) is 28.7 Å². The van der Waals surface area contributed by atoms with Crippen LogP contribution in [0, 0.1) is 0 Å². The minimum Gasteiger partial charge on any atom is -0.508 e. The molecule has 4 N–H and O–H groups in total. The number of allylic oxidation sites excluding steroid dienone is 2. The van der Waals surface area contributed by atoms with Crippen LogP contribution in [0.4, 0.5) is 0 Å². The number of carbonyl (C=O) groups excluding carboxylic acids is 2. The van der Waals surface area contributed by atoms with Crippen LogP contribution in [-0.2, 0) is 4.79 Å². The molecule has 9 heteroatoms. The van der Waals surface area contributed by atoms with Crippen LogP contribution in [0.2, 0.25) is 0 Å². The van der Waals surface area contributed by atoms with E-state index in [1.807, 2.05) is 0 Å². The summed E-state index contributed by atoms with van der Waals surface area (Å²) in [6, 6.07) is 15.1. The maximum atomic E-state index is 12.7. The van der Waals surface area contributed by atoms with Crippen molar-refractivity contribution in [2.45, 2.75) is 6.42 Å². The SMILES string of the molecule is COc1cc(C=CC(=O)CC(C=Cc2ccc(O)c(OC)c2)=NNC(=O)c2ccc(O)cc2)ccc1O. The van der Waals surface area contributed by atoms with Crippen LogP contribution in [-0.4, -0.2) is 46.9 Å². The lowest BCUT2D eigenvalue weighted by molar-refractivity contribution is -0.113. The number of amides is 1. The molecule has 3 aromatic carbocycles. The number of carbonyl (C=O) groups is 2. The van der Waals surface area contributed by atoms with Crippen molar-refractivity contribution >= 4 is 29.6 Å². The summed E-state index contributed by atoms with van der Waals surface area (Å²) in [7, 11) is 2.86. The lowest BCUT2D eigenvalue weighted by atomic mass is 10.1. The molecule has 0 spiro atoms. The second kappa shape index (κ2) is 12.6. The minimum atomic E-state index is -0.517. The van der Waals surface area contributed by atoms with Crippen LogP contribution in [0.15, 0.2) is 77.9 Å². The van der Waals surface area contributed by atoms with Gasteiger partial charge in [-0.1, -0.05) is 24.3 Å². The van der Waals surface area contributed by atoms with Crippen molar-refractivity contribution in [2.75, 3.05) is 14.2 Å². The number of ether oxygens (including phenoxy) is 2. The van der Waals surface area contributed by atoms with Crippen molar-refractivity contribution < 1.29 is 34.4 Å². The zero-order valence-electron chi connectivity index (χ0n) is 20.2. The van der Waals surface area contributed by atoms with Gasteiger partial charge in [0.15, 0.2) is 28.8 Å². The van der Waals surface area contributed by atoms with E-state index in [-0.39, 0.29) is 52.2 Å². The first-order chi connectivity index (χ1) is 17.8. The molecular weight excluding hydrogens is 476 g/mol. The highest BCUT2D eigenvalue weighted by atomic mass is 16.5. The molecule has 1 amide bonds. The molecule has 0 bridgehead atoms. The van der Waals surface area contributed by atoms with Gasteiger partial charge in [0.2, 0.25) is 0 Å². The minimum absolute atomic E-state index is 0.0131. The molecule has 0 atom stereocenters. The molecule has 0 aliphatic heterocycles. The highest BCUT2D eigenvalue weighted by Gasteiger charge is 2.08. The van der Waals surface area contributed by atoms with Crippen molar-refractivity contribution in [1.29, 1.82) is 0 Å². The number of rotatable bonds is 10. The van der Waals surface area contributed by atoms with E-state index in [2.05, 4.69) is 10.5 Å². The van der Waals surface area contributed by atoms with Crippen molar-refractivity contribution in [2.24, 2.45) is 5.10 Å². The quantitative estimate of drug-likeness (QED) is 0.184. The topological polar surface area (TPSA) is 138 Å². The van der Waals surface area contributed by atoms with Crippen molar-refractivity contribution in [3.05, 3.63) is 89.5 Å². The molecule has 0 heterocycles. The Balaban J connectivity index is 1.80. The summed E-state index contributed by atoms with van der Waals surface area (Å²) in [5.74, 6) is -0.252. The van der Waals surface area contributed by atoms with Gasteiger partial charge in [0.05, 0.1) is 26.4 Å². The van der Waals surface area contributed by atoms with E-state index >= 15 is 0 Å². The largest absolute Gasteiger partial charge is 0.508 e. The molecule has 0 aromatic heterocycles. The summed E-state index contributed by atoms with van der Waals surface area (Å²) >= 11 is 0. The van der Waals surface area contributed by atoms with Gasteiger partial charge in [0.1, 0.15) is 5.75 Å². The Morgan fingerprint density at radius 1 is 0.811 bits per heavy atom. The standard InChI is InChI=1S/C28H26N2O7/c1-36-26-15-18(5-13-24(26)33)3-9-21(29-30-28(35)20-7-11-22(31)12-8-20)17-23(32)10-4-19-6-14-25(34)27(16-19)37-2/h3-16,31,33-34H,17H2,1-2H3,(H,30,35). The van der Waals surface area contributed by atoms with Crippen LogP contribution in [0.5, 0.6) is 28.7 Å². The third kappa shape index (κ3) is 7.72. The van der Waals surface area contributed by atoms with E-state index in [4.69, 9.17) is 9.47 Å². The monoisotopic (exact) mass is 502 g/mol. The summed E-state index contributed by atoms with van der Waals surface area (Å²) in [6.45, 7) is 0. The van der Waals surface area contributed by atoms with E-state index in [0.29, 0.717) is 11.1 Å². The predicted molar refractivity (Wildman–Crippen MR) is 140 cm³/mol. The van der Waals surface area contributed by atoms with E-state index in [1.165, 1.54) is 56.7 Å². The highest BCUT2D eigenvalue weighted by Crippen LogP contribution is 2.27. The van der Waals surface area contributed by atoms with Gasteiger partial charge in [-0.3, -0.25) is 9.59 Å². The summed E-state index contributed by atoms with van der Waals surface area (Å²) < 4.78 is 10.2. The molecule has 3 aromatic rings. The molecule has 0 aliphatic rings. The van der Waals surface area contributed by atoms with E-state index in [0.717, 1.165) is 0 Å². The zero-order chi connectivity index (χ0) is 26.8. The van der Waals surface area contributed by atoms with Crippen LogP contribution in [0.3, 0.4) is 0 Å². The Bertz CT molecular complexity index is 1360. The van der Waals surface area contributed by atoms with Crippen LogP contribution in [0.25, 0.3) is 12.2 Å². The summed E-state index contributed by atoms with van der Waals surface area (Å²) in [5, 5.41) is 33.0. The lowest BCUT2D eigenvalue weighted by Gasteiger charge is -2.05. The highest BCUT2D eigenvalue weighted by molar-refractivity contribution is 6.13. The number of ketones is 1. The normalized spacial score (nSPS) is 11.6. The number of hydrogen-bond donors (Lipinski definition) is 4. The smallest absolute Gasteiger partial charge is 0.271 e. The number of aromatic hydroxyl groups is 3. The Morgan fingerprint density at radius 2 is 1.35 bits per heavy atom. The fourth-order valence-corrected chi connectivity index (χ4v) is 3.15. The number of phenolic OH excluding ortho intramolecular Hbond substituents is 3. The summed E-state index contributed by atoms with van der Waals surface area (Å²) in [4.78, 5) is 25.1. The maximum absolute atomic E-state index is 12.7.